The number of piperidine rings is 1. The zero-order chi connectivity index (χ0) is 13.3. The van der Waals surface area contributed by atoms with Gasteiger partial charge in [0.1, 0.15) is 0 Å². The van der Waals surface area contributed by atoms with E-state index in [9.17, 15) is 22.8 Å². The summed E-state index contributed by atoms with van der Waals surface area (Å²) in [5.74, 6) is -3.16. The molecular weight excluding hydrogens is 243 g/mol. The third kappa shape index (κ3) is 2.68. The van der Waals surface area contributed by atoms with Gasteiger partial charge in [-0.1, -0.05) is 0 Å². The van der Waals surface area contributed by atoms with Crippen LogP contribution in [-0.4, -0.2) is 53.9 Å². The molecule has 0 aromatic rings. The number of amides is 1. The van der Waals surface area contributed by atoms with Crippen molar-refractivity contribution in [2.75, 3.05) is 20.2 Å². The number of aliphatic carboxylic acids is 1. The van der Waals surface area contributed by atoms with Crippen molar-refractivity contribution in [1.29, 1.82) is 0 Å². The van der Waals surface area contributed by atoms with E-state index >= 15 is 0 Å². The molecule has 98 valence electrons. The third-order valence-electron chi connectivity index (χ3n) is 2.88. The van der Waals surface area contributed by atoms with Gasteiger partial charge >= 0.3 is 18.1 Å². The molecule has 0 saturated carbocycles. The van der Waals surface area contributed by atoms with Crippen molar-refractivity contribution in [3.05, 3.63) is 0 Å². The summed E-state index contributed by atoms with van der Waals surface area (Å²) in [5.41, 5.74) is -1.48. The smallest absolute Gasteiger partial charge is 0.471 e. The third-order valence-corrected chi connectivity index (χ3v) is 2.88. The number of likely N-dealkylation sites (tertiary alicyclic amines) is 1. The highest BCUT2D eigenvalue weighted by atomic mass is 19.4. The average molecular weight is 255 g/mol. The van der Waals surface area contributed by atoms with E-state index in [-0.39, 0.29) is 25.9 Å². The molecule has 5 nitrogen and oxygen atoms in total. The minimum atomic E-state index is -4.92. The van der Waals surface area contributed by atoms with Gasteiger partial charge < -0.3 is 14.7 Å². The van der Waals surface area contributed by atoms with Crippen LogP contribution in [0.3, 0.4) is 0 Å². The average Bonchev–Trinajstić information content (AvgIpc) is 2.26. The summed E-state index contributed by atoms with van der Waals surface area (Å²) in [5, 5.41) is 8.92. The van der Waals surface area contributed by atoms with E-state index in [0.29, 0.717) is 4.90 Å². The molecule has 17 heavy (non-hydrogen) atoms. The second-order valence-electron chi connectivity index (χ2n) is 3.79. The van der Waals surface area contributed by atoms with Crippen molar-refractivity contribution in [3.63, 3.8) is 0 Å². The summed E-state index contributed by atoms with van der Waals surface area (Å²) in [6.07, 6.45) is -5.22. The zero-order valence-electron chi connectivity index (χ0n) is 9.08. The Hall–Kier alpha value is -1.31. The van der Waals surface area contributed by atoms with Crippen LogP contribution in [-0.2, 0) is 14.3 Å². The van der Waals surface area contributed by atoms with E-state index in [1.807, 2.05) is 0 Å². The molecule has 1 rings (SSSR count). The van der Waals surface area contributed by atoms with Gasteiger partial charge in [-0.15, -0.1) is 0 Å². The largest absolute Gasteiger partial charge is 0.479 e. The molecule has 1 N–H and O–H groups in total. The molecule has 1 aliphatic rings. The number of carbonyl (C=O) groups excluding carboxylic acids is 1. The van der Waals surface area contributed by atoms with E-state index in [1.165, 1.54) is 7.11 Å². The van der Waals surface area contributed by atoms with Gasteiger partial charge in [-0.3, -0.25) is 4.79 Å². The predicted molar refractivity (Wildman–Crippen MR) is 49.2 cm³/mol. The molecule has 1 fully saturated rings. The lowest BCUT2D eigenvalue weighted by Gasteiger charge is -2.37. The molecule has 1 aliphatic heterocycles. The normalized spacial score (nSPS) is 20.1. The van der Waals surface area contributed by atoms with E-state index in [1.54, 1.807) is 0 Å². The lowest BCUT2D eigenvalue weighted by Crippen LogP contribution is -2.54. The van der Waals surface area contributed by atoms with Gasteiger partial charge in [0.15, 0.2) is 5.60 Å². The summed E-state index contributed by atoms with van der Waals surface area (Å²) in [4.78, 5) is 22.4. The Balaban J connectivity index is 2.68. The second-order valence-corrected chi connectivity index (χ2v) is 3.79. The Kier molecular flexibility index (Phi) is 3.65. The molecule has 8 heteroatoms. The Morgan fingerprint density at radius 3 is 2.06 bits per heavy atom. The molecule has 0 aromatic heterocycles. The van der Waals surface area contributed by atoms with Crippen LogP contribution < -0.4 is 0 Å². The van der Waals surface area contributed by atoms with Crippen molar-refractivity contribution in [1.82, 2.24) is 4.90 Å². The topological polar surface area (TPSA) is 66.8 Å². The van der Waals surface area contributed by atoms with E-state index in [2.05, 4.69) is 0 Å². The van der Waals surface area contributed by atoms with Crippen LogP contribution in [0, 0.1) is 0 Å². The molecule has 0 atom stereocenters. The van der Waals surface area contributed by atoms with Gasteiger partial charge in [0.25, 0.3) is 0 Å². The molecule has 0 radical (unpaired) electrons. The SMILES string of the molecule is COC1(C(=O)O)CCN(C(=O)C(F)(F)F)CC1. The number of carboxylic acids is 1. The molecule has 0 aliphatic carbocycles. The van der Waals surface area contributed by atoms with Crippen molar-refractivity contribution >= 4 is 11.9 Å². The zero-order valence-corrected chi connectivity index (χ0v) is 9.08. The minimum Gasteiger partial charge on any atom is -0.479 e. The highest BCUT2D eigenvalue weighted by molar-refractivity contribution is 5.83. The number of ether oxygens (including phenoxy) is 1. The fraction of sp³-hybridized carbons (Fsp3) is 0.778. The fourth-order valence-electron chi connectivity index (χ4n) is 1.76. The first-order chi connectivity index (χ1) is 7.73. The van der Waals surface area contributed by atoms with Crippen molar-refractivity contribution in [2.24, 2.45) is 0 Å². The van der Waals surface area contributed by atoms with Crippen LogP contribution in [0.1, 0.15) is 12.8 Å². The molecule has 1 heterocycles. The van der Waals surface area contributed by atoms with Gasteiger partial charge in [0.2, 0.25) is 0 Å². The van der Waals surface area contributed by atoms with Gasteiger partial charge in [-0.2, -0.15) is 13.2 Å². The van der Waals surface area contributed by atoms with Crippen LogP contribution in [0.5, 0.6) is 0 Å². The summed E-state index contributed by atoms with van der Waals surface area (Å²) in [6.45, 7) is -0.559. The first-order valence-electron chi connectivity index (χ1n) is 4.87. The Morgan fingerprint density at radius 2 is 1.76 bits per heavy atom. The van der Waals surface area contributed by atoms with Crippen molar-refractivity contribution in [3.8, 4) is 0 Å². The number of carbonyl (C=O) groups is 2. The lowest BCUT2D eigenvalue weighted by atomic mass is 9.91. The summed E-state index contributed by atoms with van der Waals surface area (Å²) >= 11 is 0. The van der Waals surface area contributed by atoms with Crippen LogP contribution in [0.4, 0.5) is 13.2 Å². The molecule has 1 amide bonds. The van der Waals surface area contributed by atoms with Crippen molar-refractivity contribution < 1.29 is 32.6 Å². The molecule has 0 unspecified atom stereocenters. The maximum Gasteiger partial charge on any atom is 0.471 e. The number of hydrogen-bond acceptors (Lipinski definition) is 3. The van der Waals surface area contributed by atoms with Gasteiger partial charge in [0, 0.05) is 33.0 Å². The monoisotopic (exact) mass is 255 g/mol. The predicted octanol–water partition coefficient (Wildman–Crippen LogP) is 0.641. The number of methoxy groups -OCH3 is 1. The van der Waals surface area contributed by atoms with Crippen LogP contribution >= 0.6 is 0 Å². The Labute approximate surface area is 95.1 Å². The number of carboxylic acid groups (broad SMARTS) is 1. The Morgan fingerprint density at radius 1 is 1.29 bits per heavy atom. The highest BCUT2D eigenvalue weighted by Crippen LogP contribution is 2.28. The summed E-state index contributed by atoms with van der Waals surface area (Å²) < 4.78 is 41.2. The molecule has 0 bridgehead atoms. The van der Waals surface area contributed by atoms with Gasteiger partial charge in [-0.05, 0) is 0 Å². The van der Waals surface area contributed by atoms with Crippen molar-refractivity contribution in [2.45, 2.75) is 24.6 Å². The molecule has 1 saturated heterocycles. The van der Waals surface area contributed by atoms with Gasteiger partial charge in [-0.25, -0.2) is 4.79 Å². The lowest BCUT2D eigenvalue weighted by molar-refractivity contribution is -0.192. The van der Waals surface area contributed by atoms with E-state index in [4.69, 9.17) is 9.84 Å². The molecule has 0 spiro atoms. The van der Waals surface area contributed by atoms with Crippen LogP contribution in [0.25, 0.3) is 0 Å². The second kappa shape index (κ2) is 4.52. The fourth-order valence-corrected chi connectivity index (χ4v) is 1.76. The number of halogens is 3. The van der Waals surface area contributed by atoms with Gasteiger partial charge in [0.05, 0.1) is 0 Å². The maximum absolute atomic E-state index is 12.1. The van der Waals surface area contributed by atoms with Crippen LogP contribution in [0.2, 0.25) is 0 Å². The number of alkyl halides is 3. The van der Waals surface area contributed by atoms with E-state index in [0.717, 1.165) is 0 Å². The minimum absolute atomic E-state index is 0.152. The molecule has 0 aromatic carbocycles. The number of rotatable bonds is 2. The first-order valence-corrected chi connectivity index (χ1v) is 4.87. The maximum atomic E-state index is 12.1. The quantitative estimate of drug-likeness (QED) is 0.786. The number of nitrogens with zero attached hydrogens (tertiary/aromatic N) is 1. The number of hydrogen-bond donors (Lipinski definition) is 1. The standard InChI is InChI=1S/C9H12F3NO4/c1-17-8(7(15)16)2-4-13(5-3-8)6(14)9(10,11)12/h2-5H2,1H3,(H,15,16). The summed E-state index contributed by atoms with van der Waals surface area (Å²) in [7, 11) is 1.19. The van der Waals surface area contributed by atoms with Crippen LogP contribution in [0.15, 0.2) is 0 Å². The first kappa shape index (κ1) is 13.8. The molecular formula is C9H12F3NO4. The van der Waals surface area contributed by atoms with E-state index < -0.39 is 23.7 Å². The Bertz CT molecular complexity index is 321. The highest BCUT2D eigenvalue weighted by Gasteiger charge is 2.48. The summed E-state index contributed by atoms with van der Waals surface area (Å²) in [6, 6.07) is 0.